The van der Waals surface area contributed by atoms with Crippen LogP contribution in [0.2, 0.25) is 0 Å². The van der Waals surface area contributed by atoms with Crippen molar-refractivity contribution in [1.82, 2.24) is 25.0 Å². The van der Waals surface area contributed by atoms with Crippen LogP contribution >= 0.6 is 0 Å². The molecule has 0 fully saturated rings. The summed E-state index contributed by atoms with van der Waals surface area (Å²) in [4.78, 5) is 0. The largest absolute Gasteiger partial charge is 0.275 e. The molecule has 3 rings (SSSR count). The lowest BCUT2D eigenvalue weighted by molar-refractivity contribution is 0.603. The summed E-state index contributed by atoms with van der Waals surface area (Å²) < 4.78 is 3.57. The molecule has 20 heavy (non-hydrogen) atoms. The van der Waals surface area contributed by atoms with Crippen LogP contribution in [0.25, 0.3) is 5.69 Å². The molecule has 6 heteroatoms. The van der Waals surface area contributed by atoms with Crippen LogP contribution in [0.5, 0.6) is 0 Å². The van der Waals surface area contributed by atoms with E-state index in [4.69, 9.17) is 5.84 Å². The second kappa shape index (κ2) is 5.28. The van der Waals surface area contributed by atoms with Gasteiger partial charge in [-0.3, -0.25) is 10.5 Å². The number of nitrogens with two attached hydrogens (primary N) is 1. The Bertz CT molecular complexity index is 685. The minimum Gasteiger partial charge on any atom is -0.275 e. The van der Waals surface area contributed by atoms with Gasteiger partial charge < -0.3 is 0 Å². The Morgan fingerprint density at radius 1 is 1.20 bits per heavy atom. The first kappa shape index (κ1) is 12.6. The normalized spacial score (nSPS) is 12.5. The van der Waals surface area contributed by atoms with Gasteiger partial charge in [-0.2, -0.15) is 10.2 Å². The molecule has 0 spiro atoms. The Balaban J connectivity index is 1.92. The van der Waals surface area contributed by atoms with Crippen molar-refractivity contribution in [3.63, 3.8) is 0 Å². The van der Waals surface area contributed by atoms with E-state index in [1.54, 1.807) is 10.9 Å². The molecule has 0 aliphatic carbocycles. The van der Waals surface area contributed by atoms with Crippen LogP contribution in [0, 0.1) is 0 Å². The van der Waals surface area contributed by atoms with Gasteiger partial charge in [-0.25, -0.2) is 10.1 Å². The number of rotatable bonds is 4. The number of benzene rings is 1. The summed E-state index contributed by atoms with van der Waals surface area (Å²) in [5, 5.41) is 8.75. The second-order valence-electron chi connectivity index (χ2n) is 4.57. The van der Waals surface area contributed by atoms with Gasteiger partial charge in [0.25, 0.3) is 0 Å². The number of hydrogen-bond acceptors (Lipinski definition) is 4. The minimum atomic E-state index is -0.173. The maximum absolute atomic E-state index is 5.66. The van der Waals surface area contributed by atoms with Gasteiger partial charge in [0, 0.05) is 25.0 Å². The molecule has 0 saturated heterocycles. The van der Waals surface area contributed by atoms with E-state index in [9.17, 15) is 0 Å². The van der Waals surface area contributed by atoms with Gasteiger partial charge in [0.05, 0.1) is 23.6 Å². The van der Waals surface area contributed by atoms with Crippen LogP contribution in [-0.4, -0.2) is 19.6 Å². The molecule has 3 N–H and O–H groups in total. The summed E-state index contributed by atoms with van der Waals surface area (Å²) in [5.41, 5.74) is 5.62. The zero-order valence-corrected chi connectivity index (χ0v) is 11.1. The van der Waals surface area contributed by atoms with Gasteiger partial charge in [-0.15, -0.1) is 0 Å². The van der Waals surface area contributed by atoms with Crippen molar-refractivity contribution in [2.24, 2.45) is 12.9 Å². The first-order valence-electron chi connectivity index (χ1n) is 6.33. The summed E-state index contributed by atoms with van der Waals surface area (Å²) in [6, 6.07) is 11.7. The third-order valence-corrected chi connectivity index (χ3v) is 3.15. The Labute approximate surface area is 116 Å². The maximum atomic E-state index is 5.66. The molecule has 2 aromatic heterocycles. The standard InChI is InChI=1S/C14H16N6/c1-19-8-7-13(18-19)14(17-15)11-9-16-20(10-11)12-5-3-2-4-6-12/h2-10,14,17H,15H2,1H3. The summed E-state index contributed by atoms with van der Waals surface area (Å²) >= 11 is 0. The number of para-hydroxylation sites is 1. The molecule has 6 nitrogen and oxygen atoms in total. The van der Waals surface area contributed by atoms with Gasteiger partial charge in [-0.1, -0.05) is 18.2 Å². The fraction of sp³-hybridized carbons (Fsp3) is 0.143. The Morgan fingerprint density at radius 3 is 2.65 bits per heavy atom. The van der Waals surface area contributed by atoms with E-state index in [-0.39, 0.29) is 6.04 Å². The highest BCUT2D eigenvalue weighted by molar-refractivity contribution is 5.32. The van der Waals surface area contributed by atoms with Gasteiger partial charge >= 0.3 is 0 Å². The summed E-state index contributed by atoms with van der Waals surface area (Å²) in [6.07, 6.45) is 5.64. The summed E-state index contributed by atoms with van der Waals surface area (Å²) in [7, 11) is 1.88. The molecule has 0 bridgehead atoms. The first-order chi connectivity index (χ1) is 9.78. The molecule has 2 heterocycles. The Morgan fingerprint density at radius 2 is 2.00 bits per heavy atom. The van der Waals surface area contributed by atoms with E-state index < -0.39 is 0 Å². The van der Waals surface area contributed by atoms with Crippen molar-refractivity contribution in [2.75, 3.05) is 0 Å². The summed E-state index contributed by atoms with van der Waals surface area (Å²) in [6.45, 7) is 0. The van der Waals surface area contributed by atoms with Crippen molar-refractivity contribution >= 4 is 0 Å². The van der Waals surface area contributed by atoms with Gasteiger partial charge in [0.2, 0.25) is 0 Å². The lowest BCUT2D eigenvalue weighted by atomic mass is 10.1. The van der Waals surface area contributed by atoms with Crippen LogP contribution < -0.4 is 11.3 Å². The van der Waals surface area contributed by atoms with E-state index in [0.717, 1.165) is 16.9 Å². The number of aromatic nitrogens is 4. The average Bonchev–Trinajstić information content (AvgIpc) is 3.11. The fourth-order valence-corrected chi connectivity index (χ4v) is 2.15. The molecule has 0 radical (unpaired) electrons. The second-order valence-corrected chi connectivity index (χ2v) is 4.57. The first-order valence-corrected chi connectivity index (χ1v) is 6.33. The molecule has 1 atom stereocenters. The number of aryl methyl sites for hydroxylation is 1. The predicted molar refractivity (Wildman–Crippen MR) is 75.9 cm³/mol. The van der Waals surface area contributed by atoms with E-state index in [1.165, 1.54) is 0 Å². The Kier molecular flexibility index (Phi) is 3.32. The van der Waals surface area contributed by atoms with Gasteiger partial charge in [0.15, 0.2) is 0 Å². The lowest BCUT2D eigenvalue weighted by Gasteiger charge is -2.10. The molecule has 0 amide bonds. The number of nitrogens with one attached hydrogen (secondary N) is 1. The molecular formula is C14H16N6. The molecular weight excluding hydrogens is 252 g/mol. The van der Waals surface area contributed by atoms with Gasteiger partial charge in [-0.05, 0) is 18.2 Å². The summed E-state index contributed by atoms with van der Waals surface area (Å²) in [5.74, 6) is 5.66. The van der Waals surface area contributed by atoms with Crippen molar-refractivity contribution in [2.45, 2.75) is 6.04 Å². The third-order valence-electron chi connectivity index (χ3n) is 3.15. The average molecular weight is 268 g/mol. The van der Waals surface area contributed by atoms with Gasteiger partial charge in [0.1, 0.15) is 0 Å². The van der Waals surface area contributed by atoms with E-state index in [2.05, 4.69) is 15.6 Å². The molecule has 1 unspecified atom stereocenters. The highest BCUT2D eigenvalue weighted by Gasteiger charge is 2.17. The van der Waals surface area contributed by atoms with Crippen LogP contribution in [0.15, 0.2) is 55.0 Å². The molecule has 1 aromatic carbocycles. The highest BCUT2D eigenvalue weighted by atomic mass is 15.3. The van der Waals surface area contributed by atoms with Crippen molar-refractivity contribution in [1.29, 1.82) is 0 Å². The number of nitrogens with zero attached hydrogens (tertiary/aromatic N) is 4. The van der Waals surface area contributed by atoms with E-state index in [0.29, 0.717) is 0 Å². The van der Waals surface area contributed by atoms with E-state index in [1.807, 2.05) is 60.5 Å². The molecule has 0 aliphatic rings. The zero-order chi connectivity index (χ0) is 13.9. The number of hydrogen-bond donors (Lipinski definition) is 2. The number of hydrazine groups is 1. The molecule has 3 aromatic rings. The van der Waals surface area contributed by atoms with Crippen molar-refractivity contribution in [3.05, 3.63) is 66.2 Å². The zero-order valence-electron chi connectivity index (χ0n) is 11.1. The van der Waals surface area contributed by atoms with Crippen LogP contribution in [0.3, 0.4) is 0 Å². The lowest BCUT2D eigenvalue weighted by Crippen LogP contribution is -2.29. The van der Waals surface area contributed by atoms with Crippen LogP contribution in [0.1, 0.15) is 17.3 Å². The monoisotopic (exact) mass is 268 g/mol. The Hall–Kier alpha value is -2.44. The van der Waals surface area contributed by atoms with Crippen LogP contribution in [0.4, 0.5) is 0 Å². The van der Waals surface area contributed by atoms with E-state index >= 15 is 0 Å². The molecule has 102 valence electrons. The highest BCUT2D eigenvalue weighted by Crippen LogP contribution is 2.20. The predicted octanol–water partition coefficient (Wildman–Crippen LogP) is 1.16. The van der Waals surface area contributed by atoms with Crippen molar-refractivity contribution < 1.29 is 0 Å². The fourth-order valence-electron chi connectivity index (χ4n) is 2.15. The third kappa shape index (κ3) is 2.34. The molecule has 0 aliphatic heterocycles. The maximum Gasteiger partial charge on any atom is 0.0930 e. The van der Waals surface area contributed by atoms with Crippen LogP contribution in [-0.2, 0) is 7.05 Å². The minimum absolute atomic E-state index is 0.173. The topological polar surface area (TPSA) is 73.7 Å². The quantitative estimate of drug-likeness (QED) is 0.550. The molecule has 0 saturated carbocycles. The van der Waals surface area contributed by atoms with Crippen molar-refractivity contribution in [3.8, 4) is 5.69 Å². The SMILES string of the molecule is Cn1ccc(C(NN)c2cnn(-c3ccccc3)c2)n1. The smallest absolute Gasteiger partial charge is 0.0930 e.